The molecule has 0 atom stereocenters. The molecule has 0 unspecified atom stereocenters. The average molecular weight is 533 g/mol. The summed E-state index contributed by atoms with van der Waals surface area (Å²) in [5.74, 6) is 0.874. The van der Waals surface area contributed by atoms with Crippen molar-refractivity contribution in [2.45, 2.75) is 38.7 Å². The molecule has 1 aromatic carbocycles. The van der Waals surface area contributed by atoms with Crippen LogP contribution in [0.2, 0.25) is 5.02 Å². The van der Waals surface area contributed by atoms with Crippen LogP contribution in [0.3, 0.4) is 0 Å². The maximum Gasteiger partial charge on any atom is 0.320 e. The SMILES string of the molecule is Cc1ccc2[nH]ncc2c1-c1nc2nc(OC3CCN(C)CC3)nc(N3CCC4(CC3)CNC4)c2cc1Cl. The number of fused-ring (bicyclic) bond motifs is 2. The molecule has 3 saturated heterocycles. The van der Waals surface area contributed by atoms with Crippen molar-refractivity contribution in [1.29, 1.82) is 0 Å². The summed E-state index contributed by atoms with van der Waals surface area (Å²) in [4.78, 5) is 19.6. The summed E-state index contributed by atoms with van der Waals surface area (Å²) in [5.41, 5.74) is 4.76. The van der Waals surface area contributed by atoms with Crippen LogP contribution >= 0.6 is 11.6 Å². The monoisotopic (exact) mass is 532 g/mol. The van der Waals surface area contributed by atoms with Crippen molar-refractivity contribution in [3.63, 3.8) is 0 Å². The molecule has 0 amide bonds. The molecule has 0 bridgehead atoms. The van der Waals surface area contributed by atoms with Crippen molar-refractivity contribution in [3.05, 3.63) is 35.0 Å². The second-order valence-electron chi connectivity index (χ2n) is 11.3. The topological polar surface area (TPSA) is 95.1 Å². The molecule has 1 spiro atoms. The number of benzene rings is 1. The molecule has 0 saturated carbocycles. The number of likely N-dealkylation sites (tertiary alicyclic amines) is 1. The standard InChI is InChI=1S/C28H33ClN8O/c1-17-3-4-22-20(14-31-35-22)23(17)24-21(29)13-19-25(32-24)33-27(38-18-5-9-36(2)10-6-18)34-26(19)37-11-7-28(8-12-37)15-30-16-28/h3-4,13-14,18,30H,5-12,15-16H2,1-2H3,(H,31,35). The van der Waals surface area contributed by atoms with Crippen molar-refractivity contribution >= 4 is 39.4 Å². The van der Waals surface area contributed by atoms with E-state index in [4.69, 9.17) is 31.3 Å². The first-order valence-corrected chi connectivity index (χ1v) is 14.0. The molecule has 38 heavy (non-hydrogen) atoms. The largest absolute Gasteiger partial charge is 0.460 e. The van der Waals surface area contributed by atoms with Crippen LogP contribution in [0.25, 0.3) is 33.2 Å². The van der Waals surface area contributed by atoms with Crippen molar-refractivity contribution in [2.75, 3.05) is 51.2 Å². The molecule has 3 aliphatic heterocycles. The number of H-pyrrole nitrogens is 1. The maximum absolute atomic E-state index is 6.96. The molecule has 10 heteroatoms. The predicted molar refractivity (Wildman–Crippen MR) is 150 cm³/mol. The van der Waals surface area contributed by atoms with Crippen LogP contribution in [0.15, 0.2) is 24.4 Å². The molecule has 9 nitrogen and oxygen atoms in total. The zero-order valence-electron chi connectivity index (χ0n) is 21.9. The van der Waals surface area contributed by atoms with Gasteiger partial charge in [-0.05, 0) is 62.8 Å². The number of aromatic amines is 1. The molecule has 3 fully saturated rings. The Bertz CT molecular complexity index is 1500. The number of anilines is 1. The third kappa shape index (κ3) is 4.17. The number of halogens is 1. The maximum atomic E-state index is 6.96. The van der Waals surface area contributed by atoms with Gasteiger partial charge in [0.1, 0.15) is 11.9 Å². The molecule has 6 heterocycles. The van der Waals surface area contributed by atoms with Crippen LogP contribution < -0.4 is 15.0 Å². The summed E-state index contributed by atoms with van der Waals surface area (Å²) in [6, 6.07) is 6.50. The number of piperidine rings is 2. The minimum Gasteiger partial charge on any atom is -0.460 e. The van der Waals surface area contributed by atoms with Gasteiger partial charge in [0.25, 0.3) is 0 Å². The highest BCUT2D eigenvalue weighted by molar-refractivity contribution is 6.34. The van der Waals surface area contributed by atoms with Crippen molar-refractivity contribution in [2.24, 2.45) is 5.41 Å². The normalized spacial score (nSPS) is 20.3. The third-order valence-electron chi connectivity index (χ3n) is 8.73. The quantitative estimate of drug-likeness (QED) is 0.404. The van der Waals surface area contributed by atoms with Crippen LogP contribution in [0.1, 0.15) is 31.2 Å². The second kappa shape index (κ2) is 9.32. The number of aromatic nitrogens is 5. The molecule has 3 aromatic heterocycles. The summed E-state index contributed by atoms with van der Waals surface area (Å²) in [5, 5.41) is 13.2. The van der Waals surface area contributed by atoms with Crippen LogP contribution in [-0.2, 0) is 0 Å². The first kappa shape index (κ1) is 24.1. The summed E-state index contributed by atoms with van der Waals surface area (Å²) < 4.78 is 6.40. The van der Waals surface area contributed by atoms with Crippen molar-refractivity contribution in [3.8, 4) is 17.3 Å². The Balaban J connectivity index is 1.32. The molecular weight excluding hydrogens is 500 g/mol. The molecule has 0 aliphatic carbocycles. The highest BCUT2D eigenvalue weighted by atomic mass is 35.5. The average Bonchev–Trinajstić information content (AvgIpc) is 3.38. The summed E-state index contributed by atoms with van der Waals surface area (Å²) >= 11 is 6.96. The number of nitrogens with one attached hydrogen (secondary N) is 2. The molecule has 3 aliphatic rings. The van der Waals surface area contributed by atoms with Gasteiger partial charge in [0.05, 0.1) is 27.8 Å². The minimum atomic E-state index is 0.107. The highest BCUT2D eigenvalue weighted by Crippen LogP contribution is 2.40. The molecule has 7 rings (SSSR count). The van der Waals surface area contributed by atoms with E-state index in [1.165, 1.54) is 0 Å². The summed E-state index contributed by atoms with van der Waals surface area (Å²) in [7, 11) is 2.15. The van der Waals surface area contributed by atoms with E-state index < -0.39 is 0 Å². The molecule has 4 aromatic rings. The van der Waals surface area contributed by atoms with Crippen molar-refractivity contribution in [1.82, 2.24) is 35.4 Å². The Morgan fingerprint density at radius 1 is 1.03 bits per heavy atom. The second-order valence-corrected chi connectivity index (χ2v) is 11.7. The van der Waals surface area contributed by atoms with E-state index >= 15 is 0 Å². The number of pyridine rings is 1. The highest BCUT2D eigenvalue weighted by Gasteiger charge is 2.40. The van der Waals surface area contributed by atoms with Crippen molar-refractivity contribution < 1.29 is 4.74 Å². The lowest BCUT2D eigenvalue weighted by Gasteiger charge is -2.48. The number of aryl methyl sites for hydroxylation is 1. The number of nitrogens with zero attached hydrogens (tertiary/aromatic N) is 6. The Hall–Kier alpha value is -3.01. The number of ether oxygens (including phenoxy) is 1. The zero-order chi connectivity index (χ0) is 25.9. The predicted octanol–water partition coefficient (Wildman–Crippen LogP) is 4.19. The van der Waals surface area contributed by atoms with E-state index in [2.05, 4.69) is 45.4 Å². The van der Waals surface area contributed by atoms with Crippen LogP contribution in [0, 0.1) is 12.3 Å². The Labute approximate surface area is 226 Å². The fourth-order valence-electron chi connectivity index (χ4n) is 6.18. The number of hydrogen-bond donors (Lipinski definition) is 2. The van der Waals surface area contributed by atoms with Gasteiger partial charge < -0.3 is 19.9 Å². The van der Waals surface area contributed by atoms with Gasteiger partial charge >= 0.3 is 6.01 Å². The van der Waals surface area contributed by atoms with Crippen LogP contribution in [0.5, 0.6) is 6.01 Å². The van der Waals surface area contributed by atoms with Gasteiger partial charge in [-0.2, -0.15) is 15.1 Å². The van der Waals surface area contributed by atoms with Gasteiger partial charge in [-0.3, -0.25) is 5.10 Å². The van der Waals surface area contributed by atoms with E-state index in [0.29, 0.717) is 27.8 Å². The molecule has 0 radical (unpaired) electrons. The fraction of sp³-hybridized carbons (Fsp3) is 0.500. The van der Waals surface area contributed by atoms with Gasteiger partial charge in [0.2, 0.25) is 0 Å². The summed E-state index contributed by atoms with van der Waals surface area (Å²) in [6.07, 6.45) is 6.17. The fourth-order valence-corrected chi connectivity index (χ4v) is 6.43. The number of rotatable bonds is 4. The zero-order valence-corrected chi connectivity index (χ0v) is 22.7. The van der Waals surface area contributed by atoms with E-state index in [-0.39, 0.29) is 6.10 Å². The van der Waals surface area contributed by atoms with E-state index in [9.17, 15) is 0 Å². The van der Waals surface area contributed by atoms with Gasteiger partial charge in [-0.1, -0.05) is 17.7 Å². The van der Waals surface area contributed by atoms with Crippen LogP contribution in [0.4, 0.5) is 5.82 Å². The van der Waals surface area contributed by atoms with Gasteiger partial charge in [-0.25, -0.2) is 4.98 Å². The molecule has 2 N–H and O–H groups in total. The molecule has 198 valence electrons. The first-order chi connectivity index (χ1) is 18.5. The van der Waals surface area contributed by atoms with Gasteiger partial charge in [0, 0.05) is 50.2 Å². The van der Waals surface area contributed by atoms with Gasteiger partial charge in [0.15, 0.2) is 5.65 Å². The Morgan fingerprint density at radius 2 is 1.82 bits per heavy atom. The van der Waals surface area contributed by atoms with E-state index in [0.717, 1.165) is 98.2 Å². The third-order valence-corrected chi connectivity index (χ3v) is 9.02. The smallest absolute Gasteiger partial charge is 0.320 e. The lowest BCUT2D eigenvalue weighted by Crippen LogP contribution is -2.58. The lowest BCUT2D eigenvalue weighted by molar-refractivity contribution is 0.105. The molecular formula is C28H33ClN8O. The van der Waals surface area contributed by atoms with E-state index in [1.807, 2.05) is 18.3 Å². The minimum absolute atomic E-state index is 0.107. The summed E-state index contributed by atoms with van der Waals surface area (Å²) in [6.45, 7) is 8.24. The van der Waals surface area contributed by atoms with Crippen LogP contribution in [-0.4, -0.2) is 82.5 Å². The lowest BCUT2D eigenvalue weighted by atomic mass is 9.73. The Kier molecular flexibility index (Phi) is 5.90. The first-order valence-electron chi connectivity index (χ1n) is 13.6. The number of hydrogen-bond acceptors (Lipinski definition) is 8. The van der Waals surface area contributed by atoms with Gasteiger partial charge in [-0.15, -0.1) is 0 Å². The Morgan fingerprint density at radius 3 is 2.55 bits per heavy atom. The van der Waals surface area contributed by atoms with E-state index in [1.54, 1.807) is 0 Å².